The zero-order chi connectivity index (χ0) is 6.41. The molecule has 0 aromatic heterocycles. The van der Waals surface area contributed by atoms with Crippen molar-refractivity contribution >= 4 is 11.8 Å². The Bertz CT molecular complexity index is 78.6. The SMILES string of the molecule is C/C=C(/CO)CSC. The van der Waals surface area contributed by atoms with Crippen LogP contribution in [0, 0.1) is 0 Å². The van der Waals surface area contributed by atoms with Crippen LogP contribution in [0.3, 0.4) is 0 Å². The standard InChI is InChI=1S/C6H12OS/c1-3-6(4-7)5-8-2/h3,7H,4-5H2,1-2H3/b6-3-. The second-order valence-electron chi connectivity index (χ2n) is 1.54. The lowest BCUT2D eigenvalue weighted by Crippen LogP contribution is -1.91. The molecule has 0 aromatic carbocycles. The molecule has 0 bridgehead atoms. The molecule has 1 N–H and O–H groups in total. The van der Waals surface area contributed by atoms with Gasteiger partial charge in [-0.2, -0.15) is 11.8 Å². The largest absolute Gasteiger partial charge is 0.392 e. The molecule has 0 aliphatic rings. The minimum absolute atomic E-state index is 0.206. The molecular formula is C6H12OS. The van der Waals surface area contributed by atoms with E-state index in [0.29, 0.717) is 0 Å². The van der Waals surface area contributed by atoms with Crippen LogP contribution in [0.4, 0.5) is 0 Å². The molecule has 0 fully saturated rings. The van der Waals surface area contributed by atoms with Crippen molar-refractivity contribution < 1.29 is 5.11 Å². The van der Waals surface area contributed by atoms with Gasteiger partial charge in [-0.15, -0.1) is 0 Å². The summed E-state index contributed by atoms with van der Waals surface area (Å²) >= 11 is 1.73. The van der Waals surface area contributed by atoms with Gasteiger partial charge in [0.05, 0.1) is 6.61 Å². The van der Waals surface area contributed by atoms with Gasteiger partial charge in [0.1, 0.15) is 0 Å². The van der Waals surface area contributed by atoms with Gasteiger partial charge in [0.2, 0.25) is 0 Å². The van der Waals surface area contributed by atoms with E-state index in [1.165, 1.54) is 0 Å². The van der Waals surface area contributed by atoms with Crippen LogP contribution in [0.2, 0.25) is 0 Å². The zero-order valence-corrected chi connectivity index (χ0v) is 6.16. The first-order chi connectivity index (χ1) is 3.85. The van der Waals surface area contributed by atoms with Crippen molar-refractivity contribution in [2.24, 2.45) is 0 Å². The minimum Gasteiger partial charge on any atom is -0.392 e. The summed E-state index contributed by atoms with van der Waals surface area (Å²) < 4.78 is 0. The molecule has 0 aromatic rings. The third-order valence-corrected chi connectivity index (χ3v) is 1.60. The molecular weight excluding hydrogens is 120 g/mol. The lowest BCUT2D eigenvalue weighted by atomic mass is 10.3. The maximum absolute atomic E-state index is 8.58. The molecule has 0 unspecified atom stereocenters. The first-order valence-corrected chi connectivity index (χ1v) is 3.98. The summed E-state index contributed by atoms with van der Waals surface area (Å²) in [5.41, 5.74) is 1.11. The van der Waals surface area contributed by atoms with Gasteiger partial charge in [-0.05, 0) is 18.8 Å². The molecule has 0 heterocycles. The van der Waals surface area contributed by atoms with Gasteiger partial charge in [0.25, 0.3) is 0 Å². The molecule has 0 rings (SSSR count). The van der Waals surface area contributed by atoms with E-state index in [0.717, 1.165) is 11.3 Å². The number of allylic oxidation sites excluding steroid dienone is 1. The van der Waals surface area contributed by atoms with Gasteiger partial charge in [0, 0.05) is 5.75 Å². The van der Waals surface area contributed by atoms with Crippen LogP contribution < -0.4 is 0 Å². The topological polar surface area (TPSA) is 20.2 Å². The zero-order valence-electron chi connectivity index (χ0n) is 5.35. The fourth-order valence-corrected chi connectivity index (χ4v) is 1.03. The van der Waals surface area contributed by atoms with Crippen LogP contribution in [0.1, 0.15) is 6.92 Å². The quantitative estimate of drug-likeness (QED) is 0.584. The van der Waals surface area contributed by atoms with Crippen molar-refractivity contribution in [1.29, 1.82) is 0 Å². The highest BCUT2D eigenvalue weighted by Crippen LogP contribution is 2.01. The Balaban J connectivity index is 3.38. The van der Waals surface area contributed by atoms with Crippen LogP contribution >= 0.6 is 11.8 Å². The van der Waals surface area contributed by atoms with Gasteiger partial charge in [-0.1, -0.05) is 6.08 Å². The molecule has 0 saturated carbocycles. The third-order valence-electron chi connectivity index (χ3n) is 0.941. The first kappa shape index (κ1) is 8.05. The lowest BCUT2D eigenvalue weighted by Gasteiger charge is -1.96. The van der Waals surface area contributed by atoms with E-state index < -0.39 is 0 Å². The maximum atomic E-state index is 8.58. The maximum Gasteiger partial charge on any atom is 0.0649 e. The number of hydrogen-bond donors (Lipinski definition) is 1. The van der Waals surface area contributed by atoms with Crippen molar-refractivity contribution in [2.75, 3.05) is 18.6 Å². The number of hydrogen-bond acceptors (Lipinski definition) is 2. The summed E-state index contributed by atoms with van der Waals surface area (Å²) in [7, 11) is 0. The second-order valence-corrected chi connectivity index (χ2v) is 2.40. The van der Waals surface area contributed by atoms with Gasteiger partial charge < -0.3 is 5.11 Å². The fourth-order valence-electron chi connectivity index (χ4n) is 0.406. The summed E-state index contributed by atoms with van der Waals surface area (Å²) in [5.74, 6) is 0.951. The molecule has 0 atom stereocenters. The average molecular weight is 132 g/mol. The highest BCUT2D eigenvalue weighted by atomic mass is 32.2. The molecule has 48 valence electrons. The molecule has 8 heavy (non-hydrogen) atoms. The predicted molar refractivity (Wildman–Crippen MR) is 39.2 cm³/mol. The van der Waals surface area contributed by atoms with E-state index in [-0.39, 0.29) is 6.61 Å². The Kier molecular flexibility index (Phi) is 5.22. The first-order valence-electron chi connectivity index (χ1n) is 2.59. The molecule has 0 aliphatic heterocycles. The highest BCUT2D eigenvalue weighted by molar-refractivity contribution is 7.98. The average Bonchev–Trinajstić information content (AvgIpc) is 1.83. The van der Waals surface area contributed by atoms with Gasteiger partial charge in [-0.25, -0.2) is 0 Å². The number of aliphatic hydroxyl groups is 1. The monoisotopic (exact) mass is 132 g/mol. The van der Waals surface area contributed by atoms with Crippen molar-refractivity contribution in [3.8, 4) is 0 Å². The fraction of sp³-hybridized carbons (Fsp3) is 0.667. The number of thioether (sulfide) groups is 1. The Morgan fingerprint density at radius 1 is 1.75 bits per heavy atom. The summed E-state index contributed by atoms with van der Waals surface area (Å²) in [6.45, 7) is 2.15. The number of rotatable bonds is 3. The second kappa shape index (κ2) is 5.19. The third kappa shape index (κ3) is 3.10. The predicted octanol–water partition coefficient (Wildman–Crippen LogP) is 1.29. The Morgan fingerprint density at radius 2 is 2.38 bits per heavy atom. The van der Waals surface area contributed by atoms with Crippen LogP contribution in [0.5, 0.6) is 0 Å². The van der Waals surface area contributed by atoms with Crippen LogP contribution in [0.25, 0.3) is 0 Å². The summed E-state index contributed by atoms with van der Waals surface area (Å²) in [6.07, 6.45) is 3.98. The van der Waals surface area contributed by atoms with Crippen molar-refractivity contribution in [3.05, 3.63) is 11.6 Å². The van der Waals surface area contributed by atoms with Crippen molar-refractivity contribution in [2.45, 2.75) is 6.92 Å². The van der Waals surface area contributed by atoms with Gasteiger partial charge >= 0.3 is 0 Å². The van der Waals surface area contributed by atoms with E-state index >= 15 is 0 Å². The van der Waals surface area contributed by atoms with Gasteiger partial charge in [0.15, 0.2) is 0 Å². The molecule has 0 saturated heterocycles. The lowest BCUT2D eigenvalue weighted by molar-refractivity contribution is 0.332. The molecule has 0 amide bonds. The molecule has 0 spiro atoms. The molecule has 2 heteroatoms. The van der Waals surface area contributed by atoms with E-state index in [9.17, 15) is 0 Å². The van der Waals surface area contributed by atoms with Crippen molar-refractivity contribution in [1.82, 2.24) is 0 Å². The minimum atomic E-state index is 0.206. The normalized spacial score (nSPS) is 12.1. The number of aliphatic hydroxyl groups excluding tert-OH is 1. The highest BCUT2D eigenvalue weighted by Gasteiger charge is 1.88. The van der Waals surface area contributed by atoms with E-state index in [2.05, 4.69) is 0 Å². The van der Waals surface area contributed by atoms with Crippen LogP contribution in [-0.4, -0.2) is 23.7 Å². The smallest absolute Gasteiger partial charge is 0.0649 e. The summed E-state index contributed by atoms with van der Waals surface area (Å²) in [5, 5.41) is 8.58. The van der Waals surface area contributed by atoms with Gasteiger partial charge in [-0.3, -0.25) is 0 Å². The van der Waals surface area contributed by atoms with E-state index in [1.54, 1.807) is 11.8 Å². The Labute approximate surface area is 54.8 Å². The van der Waals surface area contributed by atoms with Crippen LogP contribution in [-0.2, 0) is 0 Å². The summed E-state index contributed by atoms with van der Waals surface area (Å²) in [4.78, 5) is 0. The van der Waals surface area contributed by atoms with E-state index in [1.807, 2.05) is 19.3 Å². The van der Waals surface area contributed by atoms with E-state index in [4.69, 9.17) is 5.11 Å². The Hall–Kier alpha value is 0.0500. The van der Waals surface area contributed by atoms with Crippen molar-refractivity contribution in [3.63, 3.8) is 0 Å². The molecule has 0 aliphatic carbocycles. The molecule has 0 radical (unpaired) electrons. The molecule has 1 nitrogen and oxygen atoms in total. The Morgan fingerprint density at radius 3 is 2.50 bits per heavy atom. The van der Waals surface area contributed by atoms with Crippen LogP contribution in [0.15, 0.2) is 11.6 Å². The summed E-state index contributed by atoms with van der Waals surface area (Å²) in [6, 6.07) is 0.